The number of phenolic OH excluding ortho intramolecular Hbond substituents is 2. The summed E-state index contributed by atoms with van der Waals surface area (Å²) in [5, 5.41) is 111. The van der Waals surface area contributed by atoms with Crippen molar-refractivity contribution in [3.63, 3.8) is 0 Å². The molecule has 10 aromatic carbocycles. The summed E-state index contributed by atoms with van der Waals surface area (Å²) in [5.41, 5.74) is -5.39. The summed E-state index contributed by atoms with van der Waals surface area (Å²) in [5.74, 6) is -18.7. The fourth-order valence-corrected chi connectivity index (χ4v) is 12.0. The first-order valence-corrected chi connectivity index (χ1v) is 34.0. The number of hydrogen-bond donors (Lipinski definition) is 12. The van der Waals surface area contributed by atoms with Crippen LogP contribution in [0.2, 0.25) is 0 Å². The molecule has 4 amide bonds. The topological polar surface area (TPSA) is 548 Å². The van der Waals surface area contributed by atoms with Crippen molar-refractivity contribution in [2.75, 3.05) is 24.7 Å². The Morgan fingerprint density at radius 3 is 0.733 bits per heavy atom. The molecule has 12 N–H and O–H groups in total. The van der Waals surface area contributed by atoms with E-state index in [-0.39, 0.29) is 141 Å². The van der Waals surface area contributed by atoms with Crippen LogP contribution in [0, 0.1) is 13.8 Å². The minimum Gasteiger partial charge on any atom is -0.545 e. The van der Waals surface area contributed by atoms with Crippen LogP contribution in [-0.4, -0.2) is 149 Å². The molecule has 588 valence electrons. The summed E-state index contributed by atoms with van der Waals surface area (Å²) < 4.78 is 11.7. The number of carbonyl (C=O) groups excluding carboxylic acids is 10. The molecule has 10 rings (SSSR count). The number of anilines is 2. The van der Waals surface area contributed by atoms with Crippen LogP contribution >= 0.6 is 0 Å². The summed E-state index contributed by atoms with van der Waals surface area (Å²) in [6.45, 7) is 3.36. The van der Waals surface area contributed by atoms with Crippen LogP contribution in [0.5, 0.6) is 34.5 Å². The molecule has 0 radical (unpaired) electrons. The van der Waals surface area contributed by atoms with E-state index < -0.39 is 172 Å². The van der Waals surface area contributed by atoms with Crippen LogP contribution in [0.3, 0.4) is 0 Å². The molecule has 0 aliphatic heterocycles. The molecule has 0 unspecified atom stereocenters. The number of rotatable bonds is 30. The third kappa shape index (κ3) is 24.1. The van der Waals surface area contributed by atoms with Crippen LogP contribution in [0.15, 0.2) is 182 Å². The molecular formula is C84H62Li4N4O28+2. The third-order valence-electron chi connectivity index (χ3n) is 17.3. The number of carboxylic acids is 8. The van der Waals surface area contributed by atoms with E-state index in [1.165, 1.54) is 135 Å². The van der Waals surface area contributed by atoms with Gasteiger partial charge in [-0.25, -0.2) is 28.8 Å². The van der Waals surface area contributed by atoms with E-state index >= 15 is 0 Å². The van der Waals surface area contributed by atoms with Crippen LogP contribution in [0.25, 0.3) is 0 Å². The second-order valence-electron chi connectivity index (χ2n) is 25.5. The van der Waals surface area contributed by atoms with E-state index in [0.717, 1.165) is 36.4 Å². The van der Waals surface area contributed by atoms with E-state index in [0.29, 0.717) is 62.8 Å². The molecule has 0 saturated carbocycles. The number of Topliss-reactive ketones (excluding diaryl/α,β-unsaturated/α-hetero) is 4. The number of nitrogens with one attached hydrogen (secondary N) is 4. The number of aromatic carboxylic acids is 8. The molecule has 0 spiro atoms. The van der Waals surface area contributed by atoms with E-state index in [2.05, 4.69) is 21.3 Å². The number of ketones is 4. The van der Waals surface area contributed by atoms with E-state index in [9.17, 15) is 128 Å². The third-order valence-corrected chi connectivity index (χ3v) is 17.3. The molecule has 32 nitrogen and oxygen atoms in total. The van der Waals surface area contributed by atoms with Crippen molar-refractivity contribution in [3.05, 3.63) is 304 Å². The molecule has 120 heavy (non-hydrogen) atoms. The van der Waals surface area contributed by atoms with Crippen molar-refractivity contribution in [1.82, 2.24) is 10.6 Å². The van der Waals surface area contributed by atoms with E-state index in [1.807, 2.05) is 0 Å². The Morgan fingerprint density at radius 1 is 0.275 bits per heavy atom. The zero-order chi connectivity index (χ0) is 84.8. The van der Waals surface area contributed by atoms with Gasteiger partial charge < -0.3 is 91.4 Å². The first-order chi connectivity index (χ1) is 54.9. The molecule has 0 aliphatic carbocycles. The number of hydrogen-bond acceptors (Lipinski definition) is 22. The molecule has 0 fully saturated rings. The van der Waals surface area contributed by atoms with Gasteiger partial charge in [0.15, 0.2) is 23.1 Å². The van der Waals surface area contributed by atoms with Crippen molar-refractivity contribution in [2.24, 2.45) is 0 Å². The molecule has 0 bridgehead atoms. The predicted molar refractivity (Wildman–Crippen MR) is 403 cm³/mol. The zero-order valence-corrected chi connectivity index (χ0v) is 64.9. The minimum atomic E-state index is -1.84. The van der Waals surface area contributed by atoms with Gasteiger partial charge in [-0.05, 0) is 193 Å². The largest absolute Gasteiger partial charge is 1.00 e. The first-order valence-electron chi connectivity index (χ1n) is 34.0. The maximum atomic E-state index is 13.4. The average molecular weight is 1600 g/mol. The van der Waals surface area contributed by atoms with Crippen molar-refractivity contribution in [1.29, 1.82) is 0 Å². The number of carbonyl (C=O) groups is 16. The Morgan fingerprint density at radius 2 is 0.492 bits per heavy atom. The molecule has 0 aliphatic rings. The Kier molecular flexibility index (Phi) is 34.1. The second-order valence-corrected chi connectivity index (χ2v) is 25.5. The van der Waals surface area contributed by atoms with Gasteiger partial charge in [0.05, 0.1) is 67.6 Å². The van der Waals surface area contributed by atoms with Crippen molar-refractivity contribution < 1.29 is 213 Å². The van der Waals surface area contributed by atoms with Gasteiger partial charge in [-0.2, -0.15) is 0 Å². The molecule has 36 heteroatoms. The van der Waals surface area contributed by atoms with Gasteiger partial charge in [0.25, 0.3) is 23.6 Å². The number of aryl methyl sites for hydroxylation is 2. The fraction of sp³-hybridized carbons (Fsp3) is 0.0952. The van der Waals surface area contributed by atoms with Gasteiger partial charge in [-0.3, -0.25) is 38.4 Å². The van der Waals surface area contributed by atoms with Crippen LogP contribution in [-0.2, 0) is 25.7 Å². The standard InChI is InChI=1S/2C42H32N2O14.4Li/c2*1-20-11-22(13-24(45)12-20)15-36(47)28-17-30(34(42(56)57)19-32(28)40(52)53)38(49)44-23-5-9-26(10-6-23)58-25-7-3-21(4-8-25)14-35(46)27-16-29(37(48)43-2)33(41(54)55)18-31(27)39(50)51;;;;/h2*3-13,16-19,45H,14-15H2,1-2H3,(H,43,48)(H,44,49)(H,50,51)(H,52,53)(H,54,55)(H,56,57);;;;/q;;4*+1/p-2. The molecule has 0 aromatic heterocycles. The quantitative estimate of drug-likeness (QED) is 0.0156. The van der Waals surface area contributed by atoms with Crippen molar-refractivity contribution >= 4 is 106 Å². The second kappa shape index (κ2) is 42.3. The van der Waals surface area contributed by atoms with Gasteiger partial charge in [-0.1, -0.05) is 36.4 Å². The Labute approximate surface area is 727 Å². The number of benzene rings is 10. The maximum absolute atomic E-state index is 13.4. The minimum absolute atomic E-state index is 0. The monoisotopic (exact) mass is 1600 g/mol. The number of phenols is 2. The van der Waals surface area contributed by atoms with Gasteiger partial charge in [0, 0.05) is 84.5 Å². The number of amides is 4. The summed E-state index contributed by atoms with van der Waals surface area (Å²) in [6, 6.07) is 39.0. The Hall–Kier alpha value is -13.9. The Bertz CT molecular complexity index is 5420. The first kappa shape index (κ1) is 96.7. The SMILES string of the molecule is CNC(=O)c1cc(C(=O)Cc2ccc(Oc3ccc(NC(=O)c4cc(C(=O)Cc5cc(C)cc(O)c5)c(C(=O)O)cc4C(=O)O)cc3)cc2)c(C(=O)O)cc1C(=O)O.CNC(=O)c1cc(C(=O)Cc2ccc(Oc3ccc(NC(=O)c4cc(C(=O)Cc5cc(C)cc(O)c5)c(C(=O)[O-])cc4C(=O)O)cc3)cc2)c(C(=O)[O-])cc1C(=O)O.[Li+].[Li+].[Li+].[Li+]. The van der Waals surface area contributed by atoms with Crippen molar-refractivity contribution in [3.8, 4) is 34.5 Å². The molecular weight excluding hydrogens is 1540 g/mol. The molecule has 10 aromatic rings. The molecule has 0 saturated heterocycles. The normalized spacial score (nSPS) is 10.2. The average Bonchev–Trinajstić information content (AvgIpc) is 0.825. The van der Waals surface area contributed by atoms with E-state index in [4.69, 9.17) is 9.47 Å². The summed E-state index contributed by atoms with van der Waals surface area (Å²) >= 11 is 0. The summed E-state index contributed by atoms with van der Waals surface area (Å²) in [6.07, 6.45) is -1.35. The van der Waals surface area contributed by atoms with E-state index in [1.54, 1.807) is 26.0 Å². The van der Waals surface area contributed by atoms with Gasteiger partial charge in [0.2, 0.25) is 0 Å². The van der Waals surface area contributed by atoms with Gasteiger partial charge in [-0.15, -0.1) is 0 Å². The smallest absolute Gasteiger partial charge is 0.545 e. The van der Waals surface area contributed by atoms with Gasteiger partial charge in [0.1, 0.15) is 34.5 Å². The number of carboxylic acid groups (broad SMARTS) is 8. The summed E-state index contributed by atoms with van der Waals surface area (Å²) in [7, 11) is 2.50. The van der Waals surface area contributed by atoms with Crippen molar-refractivity contribution in [2.45, 2.75) is 39.5 Å². The summed E-state index contributed by atoms with van der Waals surface area (Å²) in [4.78, 5) is 199. The van der Waals surface area contributed by atoms with Crippen LogP contribution in [0.4, 0.5) is 11.4 Å². The molecule has 0 heterocycles. The number of aromatic hydroxyl groups is 2. The zero-order valence-electron chi connectivity index (χ0n) is 64.9. The van der Waals surface area contributed by atoms with Crippen LogP contribution in [0.1, 0.15) is 199 Å². The van der Waals surface area contributed by atoms with Gasteiger partial charge >= 0.3 is 111 Å². The maximum Gasteiger partial charge on any atom is 1.00 e. The number of ether oxygens (including phenoxy) is 2. The fourth-order valence-electron chi connectivity index (χ4n) is 12.0. The van der Waals surface area contributed by atoms with Crippen LogP contribution < -0.4 is 116 Å². The molecule has 0 atom stereocenters. The predicted octanol–water partition coefficient (Wildman–Crippen LogP) is -3.16. The Balaban J connectivity index is 0.000000413.